The van der Waals surface area contributed by atoms with Crippen LogP contribution < -0.4 is 0 Å². The van der Waals surface area contributed by atoms with E-state index < -0.39 is 0 Å². The van der Waals surface area contributed by atoms with E-state index in [1.807, 2.05) is 19.9 Å². The fourth-order valence-electron chi connectivity index (χ4n) is 0.118. The Morgan fingerprint density at radius 1 is 1.29 bits per heavy atom. The first-order valence-electron chi connectivity index (χ1n) is 5.14. The van der Waals surface area contributed by atoms with Crippen LogP contribution in [0.5, 0.6) is 0 Å². The molecule has 0 amide bonds. The van der Waals surface area contributed by atoms with Crippen molar-refractivity contribution in [2.24, 2.45) is 0 Å². The average Bonchev–Trinajstić information content (AvgIpc) is 2.20. The molecule has 84 valence electrons. The maximum atomic E-state index is 9.81. The van der Waals surface area contributed by atoms with Crippen LogP contribution in [0.2, 0.25) is 0 Å². The fraction of sp³-hybridized carbons (Fsp3) is 0.667. The number of unbranched alkanes of at least 4 members (excludes halogenated alkanes) is 1. The van der Waals surface area contributed by atoms with Crippen LogP contribution >= 0.6 is 0 Å². The van der Waals surface area contributed by atoms with E-state index in [1.54, 1.807) is 6.92 Å². The zero-order valence-electron chi connectivity index (χ0n) is 10.0. The van der Waals surface area contributed by atoms with Crippen molar-refractivity contribution in [3.8, 4) is 0 Å². The summed E-state index contributed by atoms with van der Waals surface area (Å²) in [5.41, 5.74) is 0. The lowest BCUT2D eigenvalue weighted by atomic mass is 10.4. The van der Waals surface area contributed by atoms with Gasteiger partial charge in [-0.15, -0.1) is 6.58 Å². The van der Waals surface area contributed by atoms with Gasteiger partial charge >= 0.3 is 0 Å². The average molecular weight is 200 g/mol. The highest BCUT2D eigenvalue weighted by Gasteiger charge is 1.76. The molecule has 0 aliphatic carbocycles. The van der Waals surface area contributed by atoms with Gasteiger partial charge in [0.1, 0.15) is 12.1 Å². The molecule has 0 heterocycles. The van der Waals surface area contributed by atoms with Gasteiger partial charge in [0.25, 0.3) is 0 Å². The van der Waals surface area contributed by atoms with Crippen LogP contribution in [0.3, 0.4) is 0 Å². The molecular weight excluding hydrogens is 176 g/mol. The van der Waals surface area contributed by atoms with Gasteiger partial charge in [0.15, 0.2) is 0 Å². The van der Waals surface area contributed by atoms with E-state index in [9.17, 15) is 9.59 Å². The second-order valence-electron chi connectivity index (χ2n) is 2.71. The highest BCUT2D eigenvalue weighted by Crippen LogP contribution is 1.74. The fourth-order valence-corrected chi connectivity index (χ4v) is 0.118. The minimum atomic E-state index is 0.255. The van der Waals surface area contributed by atoms with Crippen LogP contribution in [-0.2, 0) is 9.59 Å². The molecule has 0 bridgehead atoms. The molecule has 0 N–H and O–H groups in total. The normalized spacial score (nSPS) is 7.14. The van der Waals surface area contributed by atoms with E-state index in [0.29, 0.717) is 12.8 Å². The van der Waals surface area contributed by atoms with E-state index in [-0.39, 0.29) is 5.78 Å². The number of Topliss-reactive ketones (excluding diaryl/α,β-unsaturated/α-hetero) is 1. The third-order valence-corrected chi connectivity index (χ3v) is 1.19. The number of hydrogen-bond acceptors (Lipinski definition) is 2. The van der Waals surface area contributed by atoms with E-state index in [1.165, 1.54) is 0 Å². The number of ketones is 1. The first-order chi connectivity index (χ1) is 6.60. The summed E-state index contributed by atoms with van der Waals surface area (Å²) in [4.78, 5) is 19.2. The minimum absolute atomic E-state index is 0.255. The molecule has 0 aliphatic rings. The number of allylic oxidation sites excluding steroid dienone is 1. The van der Waals surface area contributed by atoms with Gasteiger partial charge in [-0.2, -0.15) is 0 Å². The first kappa shape index (κ1) is 18.8. The van der Waals surface area contributed by atoms with Gasteiger partial charge in [-0.25, -0.2) is 0 Å². The number of carbonyl (C=O) groups is 2. The summed E-state index contributed by atoms with van der Waals surface area (Å²) >= 11 is 0. The Hall–Kier alpha value is -0.920. The second-order valence-corrected chi connectivity index (χ2v) is 2.71. The molecule has 0 aromatic carbocycles. The largest absolute Gasteiger partial charge is 0.303 e. The van der Waals surface area contributed by atoms with Crippen LogP contribution in [0.1, 0.15) is 53.4 Å². The van der Waals surface area contributed by atoms with Gasteiger partial charge in [0.05, 0.1) is 0 Å². The highest BCUT2D eigenvalue weighted by molar-refractivity contribution is 5.74. The Morgan fingerprint density at radius 3 is 1.64 bits per heavy atom. The van der Waals surface area contributed by atoms with Crippen molar-refractivity contribution in [2.45, 2.75) is 53.4 Å². The molecular formula is C12H24O2. The summed E-state index contributed by atoms with van der Waals surface area (Å²) < 4.78 is 0. The van der Waals surface area contributed by atoms with Gasteiger partial charge in [0.2, 0.25) is 0 Å². The zero-order valence-corrected chi connectivity index (χ0v) is 10.0. The molecule has 0 unspecified atom stereocenters. The lowest BCUT2D eigenvalue weighted by molar-refractivity contribution is -0.116. The molecule has 0 radical (unpaired) electrons. The van der Waals surface area contributed by atoms with Crippen LogP contribution in [0, 0.1) is 0 Å². The number of aldehydes is 1. The summed E-state index contributed by atoms with van der Waals surface area (Å²) in [6.45, 7) is 11.0. The third kappa shape index (κ3) is 67.6. The van der Waals surface area contributed by atoms with Crippen LogP contribution in [0.4, 0.5) is 0 Å². The molecule has 0 atom stereocenters. The van der Waals surface area contributed by atoms with E-state index in [4.69, 9.17) is 0 Å². The molecule has 0 aliphatic heterocycles. The van der Waals surface area contributed by atoms with Gasteiger partial charge in [0, 0.05) is 12.8 Å². The van der Waals surface area contributed by atoms with Crippen LogP contribution in [-0.4, -0.2) is 12.1 Å². The molecule has 0 aromatic rings. The van der Waals surface area contributed by atoms with Crippen molar-refractivity contribution in [2.75, 3.05) is 0 Å². The van der Waals surface area contributed by atoms with Gasteiger partial charge in [-0.1, -0.05) is 26.8 Å². The maximum absolute atomic E-state index is 9.81. The number of hydrogen-bond donors (Lipinski definition) is 0. The van der Waals surface area contributed by atoms with Crippen molar-refractivity contribution in [1.29, 1.82) is 0 Å². The molecule has 0 fully saturated rings. The monoisotopic (exact) mass is 200 g/mol. The quantitative estimate of drug-likeness (QED) is 0.513. The van der Waals surface area contributed by atoms with Crippen molar-refractivity contribution < 1.29 is 9.59 Å². The maximum Gasteiger partial charge on any atom is 0.129 e. The predicted octanol–water partition coefficient (Wildman–Crippen LogP) is 3.55. The molecule has 0 saturated heterocycles. The standard InChI is InChI=1S/2C4H8O.C4H8/c1-3-4(2)5;1-2-3-4-5;1-3-4-2/h3H2,1-2H3;4H,2-3H2,1H3;3H,1,4H2,2H3. The highest BCUT2D eigenvalue weighted by atomic mass is 16.1. The Kier molecular flexibility index (Phi) is 30.5. The van der Waals surface area contributed by atoms with Crippen molar-refractivity contribution in [3.63, 3.8) is 0 Å². The Bertz CT molecular complexity index is 128. The third-order valence-electron chi connectivity index (χ3n) is 1.19. The molecule has 14 heavy (non-hydrogen) atoms. The van der Waals surface area contributed by atoms with Gasteiger partial charge in [-0.05, 0) is 19.8 Å². The Labute approximate surface area is 88.4 Å². The molecule has 0 spiro atoms. The molecule has 0 rings (SSSR count). The SMILES string of the molecule is C=CCC.CCC(C)=O.CCCC=O. The van der Waals surface area contributed by atoms with Crippen molar-refractivity contribution in [3.05, 3.63) is 12.7 Å². The van der Waals surface area contributed by atoms with E-state index in [2.05, 4.69) is 13.5 Å². The molecule has 0 aromatic heterocycles. The predicted molar refractivity (Wildman–Crippen MR) is 62.4 cm³/mol. The summed E-state index contributed by atoms with van der Waals surface area (Å²) in [7, 11) is 0. The van der Waals surface area contributed by atoms with Crippen molar-refractivity contribution in [1.82, 2.24) is 0 Å². The zero-order chi connectivity index (χ0) is 11.8. The summed E-state index contributed by atoms with van der Waals surface area (Å²) in [5, 5.41) is 0. The lowest BCUT2D eigenvalue weighted by Gasteiger charge is -1.71. The summed E-state index contributed by atoms with van der Waals surface area (Å²) in [6.07, 6.45) is 6.24. The first-order valence-corrected chi connectivity index (χ1v) is 5.14. The van der Waals surface area contributed by atoms with E-state index >= 15 is 0 Å². The molecule has 2 nitrogen and oxygen atoms in total. The lowest BCUT2D eigenvalue weighted by Crippen LogP contribution is -1.80. The minimum Gasteiger partial charge on any atom is -0.303 e. The van der Waals surface area contributed by atoms with E-state index in [0.717, 1.165) is 19.1 Å². The second kappa shape index (κ2) is 22.7. The van der Waals surface area contributed by atoms with Gasteiger partial charge < -0.3 is 9.59 Å². The van der Waals surface area contributed by atoms with Gasteiger partial charge in [-0.3, -0.25) is 0 Å². The number of carbonyl (C=O) groups excluding carboxylic acids is 2. The van der Waals surface area contributed by atoms with Crippen molar-refractivity contribution >= 4 is 12.1 Å². The number of rotatable bonds is 4. The Morgan fingerprint density at radius 2 is 1.64 bits per heavy atom. The van der Waals surface area contributed by atoms with Crippen LogP contribution in [0.15, 0.2) is 12.7 Å². The summed E-state index contributed by atoms with van der Waals surface area (Å²) in [5.74, 6) is 0.255. The topological polar surface area (TPSA) is 34.1 Å². The van der Waals surface area contributed by atoms with Crippen LogP contribution in [0.25, 0.3) is 0 Å². The summed E-state index contributed by atoms with van der Waals surface area (Å²) in [6, 6.07) is 0. The smallest absolute Gasteiger partial charge is 0.129 e. The molecule has 0 saturated carbocycles. The Balaban J connectivity index is -0.000000131. The molecule has 2 heteroatoms.